The van der Waals surface area contributed by atoms with E-state index in [0.717, 1.165) is 22.1 Å². The predicted octanol–water partition coefficient (Wildman–Crippen LogP) is 3.07. The lowest BCUT2D eigenvalue weighted by molar-refractivity contribution is -0.975. The van der Waals surface area contributed by atoms with Crippen molar-refractivity contribution >= 4 is 11.0 Å². The summed E-state index contributed by atoms with van der Waals surface area (Å²) in [5, 5.41) is 9.16. The van der Waals surface area contributed by atoms with E-state index in [1.165, 1.54) is 32.4 Å². The highest BCUT2D eigenvalue weighted by Crippen LogP contribution is 2.30. The Morgan fingerprint density at radius 3 is 2.60 bits per heavy atom. The van der Waals surface area contributed by atoms with E-state index in [-0.39, 0.29) is 11.1 Å². The number of quaternary nitrogens is 1. The van der Waals surface area contributed by atoms with Gasteiger partial charge in [-0.2, -0.15) is 5.26 Å². The molecule has 1 saturated heterocycles. The van der Waals surface area contributed by atoms with Crippen LogP contribution in [-0.4, -0.2) is 39.2 Å². The van der Waals surface area contributed by atoms with Crippen LogP contribution in [0.3, 0.4) is 0 Å². The van der Waals surface area contributed by atoms with E-state index in [1.54, 1.807) is 29.0 Å². The Bertz CT molecular complexity index is 864. The maximum absolute atomic E-state index is 12.5. The molecule has 0 aliphatic carbocycles. The summed E-state index contributed by atoms with van der Waals surface area (Å²) in [5.41, 5.74) is 2.15. The van der Waals surface area contributed by atoms with Gasteiger partial charge in [0.25, 0.3) is 5.56 Å². The van der Waals surface area contributed by atoms with Crippen LogP contribution in [0.5, 0.6) is 0 Å². The van der Waals surface area contributed by atoms with Crippen LogP contribution in [-0.2, 0) is 6.54 Å². The Hall–Kier alpha value is -2.19. The summed E-state index contributed by atoms with van der Waals surface area (Å²) in [5.74, 6) is 0. The first-order chi connectivity index (χ1) is 11.9. The number of nitriles is 1. The lowest BCUT2D eigenvalue weighted by Gasteiger charge is -2.51. The second-order valence-electron chi connectivity index (χ2n) is 8.11. The van der Waals surface area contributed by atoms with Gasteiger partial charge in [0.15, 0.2) is 0 Å². The van der Waals surface area contributed by atoms with Crippen LogP contribution in [0.15, 0.2) is 29.2 Å². The summed E-state index contributed by atoms with van der Waals surface area (Å²) >= 11 is 0. The van der Waals surface area contributed by atoms with Crippen molar-refractivity contribution < 1.29 is 4.48 Å². The van der Waals surface area contributed by atoms with E-state index in [0.29, 0.717) is 12.1 Å². The first-order valence-corrected chi connectivity index (χ1v) is 9.12. The molecule has 0 saturated carbocycles. The van der Waals surface area contributed by atoms with Crippen LogP contribution in [0.4, 0.5) is 0 Å². The van der Waals surface area contributed by atoms with E-state index < -0.39 is 0 Å². The number of nitrogens with zero attached hydrogens (tertiary/aromatic N) is 4. The number of piperidine rings is 1. The van der Waals surface area contributed by atoms with Gasteiger partial charge >= 0.3 is 0 Å². The van der Waals surface area contributed by atoms with Crippen molar-refractivity contribution in [3.05, 3.63) is 40.3 Å². The minimum atomic E-state index is -0.0199. The van der Waals surface area contributed by atoms with Crippen LogP contribution in [0, 0.1) is 11.3 Å². The molecule has 2 aromatic heterocycles. The zero-order valence-electron chi connectivity index (χ0n) is 15.5. The number of pyridine rings is 2. The van der Waals surface area contributed by atoms with Crippen LogP contribution < -0.4 is 5.56 Å². The molecule has 0 aromatic carbocycles. The molecule has 1 aliphatic rings. The Kier molecular flexibility index (Phi) is 4.66. The lowest BCUT2D eigenvalue weighted by atomic mass is 9.95. The van der Waals surface area contributed by atoms with Gasteiger partial charge in [-0.25, -0.2) is 0 Å². The van der Waals surface area contributed by atoms with E-state index in [9.17, 15) is 4.79 Å². The van der Waals surface area contributed by atoms with Gasteiger partial charge in [0.1, 0.15) is 6.07 Å². The molecule has 1 fully saturated rings. The molecule has 0 amide bonds. The number of hydrogen-bond donors (Lipinski definition) is 0. The molecule has 3 heterocycles. The van der Waals surface area contributed by atoms with Crippen LogP contribution in [0.2, 0.25) is 0 Å². The molecule has 5 heteroatoms. The SMILES string of the molecule is CC(C)(C)[N+]1(CCn2c(=O)ccc3ncc(C#N)cc32)CCCCC1. The van der Waals surface area contributed by atoms with Gasteiger partial charge in [-0.15, -0.1) is 0 Å². The average Bonchev–Trinajstić information content (AvgIpc) is 2.60. The maximum atomic E-state index is 12.5. The van der Waals surface area contributed by atoms with Crippen LogP contribution in [0.25, 0.3) is 11.0 Å². The summed E-state index contributed by atoms with van der Waals surface area (Å²) < 4.78 is 2.84. The molecule has 0 spiro atoms. The van der Waals surface area contributed by atoms with E-state index in [2.05, 4.69) is 31.8 Å². The molecule has 0 bridgehead atoms. The van der Waals surface area contributed by atoms with Crippen molar-refractivity contribution in [2.45, 2.75) is 52.1 Å². The fourth-order valence-corrected chi connectivity index (χ4v) is 4.10. The minimum absolute atomic E-state index is 0.0199. The topological polar surface area (TPSA) is 58.7 Å². The Morgan fingerprint density at radius 2 is 1.96 bits per heavy atom. The van der Waals surface area contributed by atoms with Crippen molar-refractivity contribution in [2.75, 3.05) is 19.6 Å². The van der Waals surface area contributed by atoms with Gasteiger partial charge in [0.2, 0.25) is 0 Å². The molecule has 0 N–H and O–H groups in total. The highest BCUT2D eigenvalue weighted by atomic mass is 16.1. The van der Waals surface area contributed by atoms with E-state index in [1.807, 2.05) is 0 Å². The quantitative estimate of drug-likeness (QED) is 0.808. The maximum Gasteiger partial charge on any atom is 0.251 e. The number of rotatable bonds is 3. The smallest absolute Gasteiger partial charge is 0.251 e. The monoisotopic (exact) mass is 339 g/mol. The number of aromatic nitrogens is 2. The van der Waals surface area contributed by atoms with Gasteiger partial charge in [-0.05, 0) is 52.2 Å². The first-order valence-electron chi connectivity index (χ1n) is 9.12. The third kappa shape index (κ3) is 3.32. The molecule has 3 rings (SSSR count). The third-order valence-electron chi connectivity index (χ3n) is 5.81. The number of hydrogen-bond acceptors (Lipinski definition) is 3. The molecule has 2 aromatic rings. The molecular formula is C20H27N4O+. The van der Waals surface area contributed by atoms with Gasteiger partial charge in [-0.1, -0.05) is 0 Å². The minimum Gasteiger partial charge on any atom is -0.318 e. The van der Waals surface area contributed by atoms with Gasteiger partial charge in [0.05, 0.1) is 48.3 Å². The number of likely N-dealkylation sites (tertiary alicyclic amines) is 1. The lowest BCUT2D eigenvalue weighted by Crippen LogP contribution is -2.63. The molecule has 25 heavy (non-hydrogen) atoms. The van der Waals surface area contributed by atoms with Crippen molar-refractivity contribution in [2.24, 2.45) is 0 Å². The summed E-state index contributed by atoms with van der Waals surface area (Å²) in [6, 6.07) is 7.22. The first kappa shape index (κ1) is 17.6. The second kappa shape index (κ2) is 6.61. The van der Waals surface area contributed by atoms with Crippen molar-refractivity contribution in [1.29, 1.82) is 5.26 Å². The van der Waals surface area contributed by atoms with Gasteiger partial charge < -0.3 is 9.05 Å². The third-order valence-corrected chi connectivity index (χ3v) is 5.81. The average molecular weight is 339 g/mol. The standard InChI is InChI=1S/C20H27N4O/c1-20(2,3)24(10-5-4-6-11-24)12-9-23-18-13-16(14-21)15-22-17(18)7-8-19(23)25/h7-8,13,15H,4-6,9-12H2,1-3H3/q+1. The highest BCUT2D eigenvalue weighted by molar-refractivity contribution is 5.75. The van der Waals surface area contributed by atoms with Crippen molar-refractivity contribution in [1.82, 2.24) is 9.55 Å². The zero-order valence-corrected chi connectivity index (χ0v) is 15.5. The Labute approximate surface area is 149 Å². The van der Waals surface area contributed by atoms with Gasteiger partial charge in [-0.3, -0.25) is 9.78 Å². The molecular weight excluding hydrogens is 312 g/mol. The normalized spacial score (nSPS) is 17.4. The Balaban J connectivity index is 1.98. The number of fused-ring (bicyclic) bond motifs is 1. The zero-order chi connectivity index (χ0) is 18.1. The fourth-order valence-electron chi connectivity index (χ4n) is 4.10. The fraction of sp³-hybridized carbons (Fsp3) is 0.550. The van der Waals surface area contributed by atoms with Crippen LogP contribution >= 0.6 is 0 Å². The summed E-state index contributed by atoms with van der Waals surface area (Å²) in [7, 11) is 0. The predicted molar refractivity (Wildman–Crippen MR) is 99.2 cm³/mol. The Morgan fingerprint density at radius 1 is 1.24 bits per heavy atom. The van der Waals surface area contributed by atoms with E-state index in [4.69, 9.17) is 5.26 Å². The second-order valence-corrected chi connectivity index (χ2v) is 8.11. The molecule has 1 aliphatic heterocycles. The molecule has 5 nitrogen and oxygen atoms in total. The van der Waals surface area contributed by atoms with Crippen molar-refractivity contribution in [3.63, 3.8) is 0 Å². The summed E-state index contributed by atoms with van der Waals surface area (Å²) in [4.78, 5) is 16.8. The van der Waals surface area contributed by atoms with E-state index >= 15 is 0 Å². The molecule has 132 valence electrons. The van der Waals surface area contributed by atoms with Crippen LogP contribution in [0.1, 0.15) is 45.6 Å². The molecule has 0 radical (unpaired) electrons. The largest absolute Gasteiger partial charge is 0.318 e. The molecule has 0 unspecified atom stereocenters. The van der Waals surface area contributed by atoms with Crippen molar-refractivity contribution in [3.8, 4) is 6.07 Å². The molecule has 0 atom stereocenters. The highest BCUT2D eigenvalue weighted by Gasteiger charge is 2.40. The summed E-state index contributed by atoms with van der Waals surface area (Å²) in [6.45, 7) is 10.8. The van der Waals surface area contributed by atoms with Gasteiger partial charge in [0, 0.05) is 12.3 Å². The summed E-state index contributed by atoms with van der Waals surface area (Å²) in [6.07, 6.45) is 5.37.